The van der Waals surface area contributed by atoms with Gasteiger partial charge in [0.25, 0.3) is 0 Å². The summed E-state index contributed by atoms with van der Waals surface area (Å²) in [5.74, 6) is -1.34. The molecular weight excluding hydrogens is 316 g/mol. The molecule has 1 aromatic heterocycles. The number of aryl methyl sites for hydroxylation is 1. The van der Waals surface area contributed by atoms with Crippen LogP contribution in [0.25, 0.3) is 10.9 Å². The van der Waals surface area contributed by atoms with Crippen LogP contribution in [-0.2, 0) is 16.0 Å². The van der Waals surface area contributed by atoms with Gasteiger partial charge < -0.3 is 15.4 Å². The maximum absolute atomic E-state index is 12.4. The topological polar surface area (TPSA) is 82.2 Å². The molecule has 1 aromatic carbocycles. The second-order valence-corrected chi connectivity index (χ2v) is 7.32. The van der Waals surface area contributed by atoms with Crippen molar-refractivity contribution >= 4 is 22.8 Å². The molecule has 2 unspecified atom stereocenters. The third-order valence-corrected chi connectivity index (χ3v) is 5.46. The number of amides is 1. The minimum Gasteiger partial charge on any atom is -0.481 e. The molecule has 1 saturated carbocycles. The zero-order valence-electron chi connectivity index (χ0n) is 14.7. The molecule has 0 saturated heterocycles. The van der Waals surface area contributed by atoms with Crippen molar-refractivity contribution in [2.24, 2.45) is 5.92 Å². The van der Waals surface area contributed by atoms with Crippen molar-refractivity contribution in [1.29, 1.82) is 0 Å². The number of carboxylic acids is 1. The zero-order chi connectivity index (χ0) is 17.9. The number of fused-ring (bicyclic) bond motifs is 1. The predicted octanol–water partition coefficient (Wildman–Crippen LogP) is 3.64. The molecule has 5 nitrogen and oxygen atoms in total. The number of hydrogen-bond donors (Lipinski definition) is 3. The Hall–Kier alpha value is -2.30. The minimum atomic E-state index is -0.804. The van der Waals surface area contributed by atoms with Gasteiger partial charge in [-0.05, 0) is 44.2 Å². The highest BCUT2D eigenvalue weighted by Gasteiger charge is 2.41. The van der Waals surface area contributed by atoms with Gasteiger partial charge in [0.2, 0.25) is 5.91 Å². The molecule has 0 aliphatic heterocycles. The number of benzene rings is 1. The molecular formula is C20H26N2O3. The van der Waals surface area contributed by atoms with Crippen molar-refractivity contribution in [3.63, 3.8) is 0 Å². The first-order valence-corrected chi connectivity index (χ1v) is 9.08. The van der Waals surface area contributed by atoms with Crippen LogP contribution in [0.15, 0.2) is 30.5 Å². The number of para-hydroxylation sites is 1. The summed E-state index contributed by atoms with van der Waals surface area (Å²) in [5, 5.41) is 13.7. The Morgan fingerprint density at radius 1 is 1.32 bits per heavy atom. The van der Waals surface area contributed by atoms with Crippen LogP contribution in [0, 0.1) is 5.92 Å². The number of rotatable bonds is 6. The molecule has 134 valence electrons. The van der Waals surface area contributed by atoms with Crippen LogP contribution in [0.1, 0.15) is 51.0 Å². The summed E-state index contributed by atoms with van der Waals surface area (Å²) in [4.78, 5) is 27.1. The Balaban J connectivity index is 1.55. The number of aliphatic carboxylic acids is 1. The Morgan fingerprint density at radius 2 is 2.12 bits per heavy atom. The summed E-state index contributed by atoms with van der Waals surface area (Å²) in [5.41, 5.74) is 1.71. The van der Waals surface area contributed by atoms with Crippen molar-refractivity contribution in [1.82, 2.24) is 10.3 Å². The third-order valence-electron chi connectivity index (χ3n) is 5.46. The van der Waals surface area contributed by atoms with Crippen molar-refractivity contribution in [3.8, 4) is 0 Å². The Bertz CT molecular complexity index is 767. The molecule has 1 heterocycles. The van der Waals surface area contributed by atoms with Gasteiger partial charge in [-0.3, -0.25) is 9.59 Å². The lowest BCUT2D eigenvalue weighted by atomic mass is 9.74. The van der Waals surface area contributed by atoms with Gasteiger partial charge in [-0.25, -0.2) is 0 Å². The SMILES string of the molecule is CC1(NC(=O)CCCc2c[nH]c3ccccc23)CCCCC1C(=O)O. The molecule has 25 heavy (non-hydrogen) atoms. The Labute approximate surface area is 147 Å². The number of H-pyrrole nitrogens is 1. The molecule has 1 aliphatic carbocycles. The molecule has 2 aromatic rings. The zero-order valence-corrected chi connectivity index (χ0v) is 14.7. The first-order chi connectivity index (χ1) is 12.0. The van der Waals surface area contributed by atoms with Crippen LogP contribution >= 0.6 is 0 Å². The van der Waals surface area contributed by atoms with E-state index >= 15 is 0 Å². The lowest BCUT2D eigenvalue weighted by molar-refractivity contribution is -0.146. The fourth-order valence-corrected chi connectivity index (χ4v) is 4.04. The number of aromatic amines is 1. The second kappa shape index (κ2) is 7.30. The van der Waals surface area contributed by atoms with E-state index in [-0.39, 0.29) is 5.91 Å². The summed E-state index contributed by atoms with van der Waals surface area (Å²) < 4.78 is 0. The number of carbonyl (C=O) groups excluding carboxylic acids is 1. The lowest BCUT2D eigenvalue weighted by Crippen LogP contribution is -2.55. The van der Waals surface area contributed by atoms with Crippen LogP contribution < -0.4 is 5.32 Å². The fourth-order valence-electron chi connectivity index (χ4n) is 4.04. The average Bonchev–Trinajstić information content (AvgIpc) is 2.98. The molecule has 1 fully saturated rings. The van der Waals surface area contributed by atoms with E-state index in [2.05, 4.69) is 16.4 Å². The van der Waals surface area contributed by atoms with Crippen molar-refractivity contribution in [2.75, 3.05) is 0 Å². The van der Waals surface area contributed by atoms with Gasteiger partial charge in [-0.2, -0.15) is 0 Å². The van der Waals surface area contributed by atoms with E-state index in [0.29, 0.717) is 12.8 Å². The van der Waals surface area contributed by atoms with Gasteiger partial charge in [0.1, 0.15) is 0 Å². The number of aromatic nitrogens is 1. The fraction of sp³-hybridized carbons (Fsp3) is 0.500. The van der Waals surface area contributed by atoms with E-state index in [9.17, 15) is 14.7 Å². The molecule has 1 amide bonds. The van der Waals surface area contributed by atoms with Crippen LogP contribution in [0.3, 0.4) is 0 Å². The molecule has 0 spiro atoms. The molecule has 2 atom stereocenters. The largest absolute Gasteiger partial charge is 0.481 e. The van der Waals surface area contributed by atoms with Crippen LogP contribution in [0.4, 0.5) is 0 Å². The highest BCUT2D eigenvalue weighted by molar-refractivity contribution is 5.83. The van der Waals surface area contributed by atoms with Crippen molar-refractivity contribution < 1.29 is 14.7 Å². The monoisotopic (exact) mass is 342 g/mol. The molecule has 3 N–H and O–H groups in total. The summed E-state index contributed by atoms with van der Waals surface area (Å²) in [6.45, 7) is 1.88. The number of carbonyl (C=O) groups is 2. The first-order valence-electron chi connectivity index (χ1n) is 9.08. The standard InChI is InChI=1S/C20H26N2O3/c1-20(12-5-4-9-16(20)19(24)25)22-18(23)11-6-7-14-13-21-17-10-3-2-8-15(14)17/h2-3,8,10,13,16,21H,4-7,9,11-12H2,1H3,(H,22,23)(H,24,25). The molecule has 3 rings (SSSR count). The number of hydrogen-bond acceptors (Lipinski definition) is 2. The van der Waals surface area contributed by atoms with E-state index in [1.807, 2.05) is 31.3 Å². The van der Waals surface area contributed by atoms with E-state index in [0.717, 1.165) is 37.6 Å². The summed E-state index contributed by atoms with van der Waals surface area (Å²) >= 11 is 0. The summed E-state index contributed by atoms with van der Waals surface area (Å²) in [6, 6.07) is 8.14. The van der Waals surface area contributed by atoms with Crippen LogP contribution in [-0.4, -0.2) is 27.5 Å². The lowest BCUT2D eigenvalue weighted by Gasteiger charge is -2.39. The molecule has 1 aliphatic rings. The maximum atomic E-state index is 12.4. The molecule has 5 heteroatoms. The van der Waals surface area contributed by atoms with Gasteiger partial charge in [-0.1, -0.05) is 31.0 Å². The van der Waals surface area contributed by atoms with E-state index in [1.54, 1.807) is 0 Å². The molecule has 0 radical (unpaired) electrons. The normalized spacial score (nSPS) is 23.5. The molecule has 0 bridgehead atoms. The van der Waals surface area contributed by atoms with Gasteiger partial charge >= 0.3 is 5.97 Å². The van der Waals surface area contributed by atoms with Gasteiger partial charge in [0, 0.05) is 23.5 Å². The summed E-state index contributed by atoms with van der Waals surface area (Å²) in [7, 11) is 0. The van der Waals surface area contributed by atoms with Crippen molar-refractivity contribution in [2.45, 2.75) is 57.4 Å². The third kappa shape index (κ3) is 3.86. The van der Waals surface area contributed by atoms with Gasteiger partial charge in [0.15, 0.2) is 0 Å². The number of nitrogens with one attached hydrogen (secondary N) is 2. The van der Waals surface area contributed by atoms with Gasteiger partial charge in [-0.15, -0.1) is 0 Å². The Morgan fingerprint density at radius 3 is 2.92 bits per heavy atom. The summed E-state index contributed by atoms with van der Waals surface area (Å²) in [6.07, 6.45) is 7.27. The highest BCUT2D eigenvalue weighted by Crippen LogP contribution is 2.34. The smallest absolute Gasteiger partial charge is 0.308 e. The van der Waals surface area contributed by atoms with E-state index in [4.69, 9.17) is 0 Å². The second-order valence-electron chi connectivity index (χ2n) is 7.32. The highest BCUT2D eigenvalue weighted by atomic mass is 16.4. The quantitative estimate of drug-likeness (QED) is 0.749. The van der Waals surface area contributed by atoms with Crippen LogP contribution in [0.5, 0.6) is 0 Å². The first kappa shape index (κ1) is 17.5. The number of carboxylic acid groups (broad SMARTS) is 1. The Kier molecular flexibility index (Phi) is 5.11. The van der Waals surface area contributed by atoms with E-state index in [1.165, 1.54) is 10.9 Å². The van der Waals surface area contributed by atoms with E-state index < -0.39 is 17.4 Å². The maximum Gasteiger partial charge on any atom is 0.308 e. The minimum absolute atomic E-state index is 0.0458. The van der Waals surface area contributed by atoms with Crippen molar-refractivity contribution in [3.05, 3.63) is 36.0 Å². The van der Waals surface area contributed by atoms with Gasteiger partial charge in [0.05, 0.1) is 11.5 Å². The van der Waals surface area contributed by atoms with Crippen LogP contribution in [0.2, 0.25) is 0 Å². The average molecular weight is 342 g/mol. The predicted molar refractivity (Wildman–Crippen MR) is 97.4 cm³/mol.